The van der Waals surface area contributed by atoms with Crippen molar-refractivity contribution in [3.63, 3.8) is 0 Å². The summed E-state index contributed by atoms with van der Waals surface area (Å²) in [6, 6.07) is 4.82. The lowest BCUT2D eigenvalue weighted by Gasteiger charge is -2.10. The summed E-state index contributed by atoms with van der Waals surface area (Å²) in [6.45, 7) is 1.84. The zero-order valence-corrected chi connectivity index (χ0v) is 12.7. The maximum absolute atomic E-state index is 13.8. The Morgan fingerprint density at radius 1 is 1.35 bits per heavy atom. The van der Waals surface area contributed by atoms with Crippen LogP contribution in [0.3, 0.4) is 0 Å². The van der Waals surface area contributed by atoms with Crippen LogP contribution < -0.4 is 0 Å². The van der Waals surface area contributed by atoms with Crippen molar-refractivity contribution in [2.45, 2.75) is 11.8 Å². The van der Waals surface area contributed by atoms with Crippen molar-refractivity contribution in [3.8, 4) is 0 Å². The highest BCUT2D eigenvalue weighted by molar-refractivity contribution is 9.10. The molecule has 0 aliphatic rings. The van der Waals surface area contributed by atoms with Crippen LogP contribution in [0.25, 0.3) is 0 Å². The van der Waals surface area contributed by atoms with E-state index in [0.717, 1.165) is 11.3 Å². The van der Waals surface area contributed by atoms with Crippen LogP contribution in [-0.2, 0) is 0 Å². The van der Waals surface area contributed by atoms with Crippen molar-refractivity contribution in [1.29, 1.82) is 0 Å². The van der Waals surface area contributed by atoms with Crippen LogP contribution in [0.5, 0.6) is 0 Å². The van der Waals surface area contributed by atoms with E-state index >= 15 is 0 Å². The molecule has 0 radical (unpaired) electrons. The molecule has 1 aromatic heterocycles. The molecule has 0 fully saturated rings. The largest absolute Gasteiger partial charge is 0.469 e. The van der Waals surface area contributed by atoms with Gasteiger partial charge in [0.05, 0.1) is 16.1 Å². The van der Waals surface area contributed by atoms with Crippen molar-refractivity contribution in [1.82, 2.24) is 0 Å². The monoisotopic (exact) mass is 380 g/mol. The molecule has 0 saturated heterocycles. The van der Waals surface area contributed by atoms with Gasteiger partial charge < -0.3 is 4.42 Å². The highest BCUT2D eigenvalue weighted by Gasteiger charge is 2.18. The number of alkyl halides is 1. The zero-order valence-electron chi connectivity index (χ0n) is 8.81. The number of halogens is 4. The lowest BCUT2D eigenvalue weighted by Crippen LogP contribution is -1.95. The van der Waals surface area contributed by atoms with Gasteiger partial charge in [0.15, 0.2) is 0 Å². The molecular formula is C12H8Br2ClFO. The van der Waals surface area contributed by atoms with Crippen LogP contribution in [0.1, 0.15) is 21.7 Å². The van der Waals surface area contributed by atoms with E-state index in [1.165, 1.54) is 6.07 Å². The summed E-state index contributed by atoms with van der Waals surface area (Å²) in [7, 11) is 0. The highest BCUT2D eigenvalue weighted by atomic mass is 79.9. The van der Waals surface area contributed by atoms with Gasteiger partial charge in [-0.15, -0.1) is 0 Å². The number of hydrogen-bond donors (Lipinski definition) is 0. The van der Waals surface area contributed by atoms with E-state index in [9.17, 15) is 4.39 Å². The van der Waals surface area contributed by atoms with Crippen LogP contribution in [0.15, 0.2) is 33.4 Å². The summed E-state index contributed by atoms with van der Waals surface area (Å²) >= 11 is 12.6. The fourth-order valence-corrected chi connectivity index (χ4v) is 2.59. The minimum Gasteiger partial charge on any atom is -0.469 e. The molecule has 1 atom stereocenters. The molecule has 1 nitrogen and oxygen atoms in total. The van der Waals surface area contributed by atoms with Gasteiger partial charge in [0.1, 0.15) is 11.6 Å². The van der Waals surface area contributed by atoms with Gasteiger partial charge in [0, 0.05) is 15.6 Å². The quantitative estimate of drug-likeness (QED) is 0.485. The molecule has 0 spiro atoms. The topological polar surface area (TPSA) is 13.1 Å². The number of furan rings is 1. The molecule has 0 aliphatic heterocycles. The second-order valence-corrected chi connectivity index (χ2v) is 5.82. The third kappa shape index (κ3) is 2.75. The Kier molecular flexibility index (Phi) is 3.95. The number of benzene rings is 1. The first-order valence-electron chi connectivity index (χ1n) is 4.82. The molecule has 17 heavy (non-hydrogen) atoms. The van der Waals surface area contributed by atoms with E-state index in [0.29, 0.717) is 15.1 Å². The van der Waals surface area contributed by atoms with Gasteiger partial charge in [-0.3, -0.25) is 0 Å². The minimum atomic E-state index is -0.318. The Morgan fingerprint density at radius 2 is 2.06 bits per heavy atom. The summed E-state index contributed by atoms with van der Waals surface area (Å²) in [5, 5.41) is 0.478. The summed E-state index contributed by atoms with van der Waals surface area (Å²) in [5.74, 6) is 0.468. The Labute approximate surface area is 120 Å². The van der Waals surface area contributed by atoms with Crippen molar-refractivity contribution in [3.05, 3.63) is 56.7 Å². The number of hydrogen-bond acceptors (Lipinski definition) is 1. The SMILES string of the molecule is Cc1cc(C(Br)c2cc(Cl)c(Br)cc2F)co1. The van der Waals surface area contributed by atoms with Gasteiger partial charge in [-0.1, -0.05) is 27.5 Å². The van der Waals surface area contributed by atoms with Gasteiger partial charge in [0.2, 0.25) is 0 Å². The summed E-state index contributed by atoms with van der Waals surface area (Å²) in [4.78, 5) is -0.273. The Bertz CT molecular complexity index is 553. The predicted octanol–water partition coefficient (Wildman–Crippen LogP) is 5.63. The molecule has 1 unspecified atom stereocenters. The molecule has 5 heteroatoms. The molecular weight excluding hydrogens is 374 g/mol. The van der Waals surface area contributed by atoms with Crippen molar-refractivity contribution < 1.29 is 8.81 Å². The van der Waals surface area contributed by atoms with E-state index in [1.807, 2.05) is 13.0 Å². The number of aryl methyl sites for hydroxylation is 1. The Morgan fingerprint density at radius 3 is 2.65 bits per heavy atom. The minimum absolute atomic E-state index is 0.273. The zero-order chi connectivity index (χ0) is 12.6. The van der Waals surface area contributed by atoms with Gasteiger partial charge in [0.25, 0.3) is 0 Å². The lowest BCUT2D eigenvalue weighted by atomic mass is 10.1. The average molecular weight is 382 g/mol. The molecule has 0 saturated carbocycles. The first kappa shape index (κ1) is 13.1. The molecule has 2 aromatic rings. The Hall–Kier alpha value is -0.320. The van der Waals surface area contributed by atoms with Gasteiger partial charge in [-0.05, 0) is 41.1 Å². The molecule has 2 rings (SSSR count). The number of rotatable bonds is 2. The third-order valence-electron chi connectivity index (χ3n) is 2.36. The second-order valence-electron chi connectivity index (χ2n) is 3.64. The van der Waals surface area contributed by atoms with Crippen LogP contribution >= 0.6 is 43.5 Å². The second kappa shape index (κ2) is 5.12. The van der Waals surface area contributed by atoms with E-state index in [1.54, 1.807) is 12.3 Å². The fourth-order valence-electron chi connectivity index (χ4n) is 1.51. The Balaban J connectivity index is 2.43. The van der Waals surface area contributed by atoms with Crippen LogP contribution in [0, 0.1) is 12.7 Å². The van der Waals surface area contributed by atoms with Gasteiger partial charge in [-0.25, -0.2) is 4.39 Å². The third-order valence-corrected chi connectivity index (χ3v) is 4.58. The normalized spacial score (nSPS) is 12.8. The van der Waals surface area contributed by atoms with Crippen LogP contribution in [-0.4, -0.2) is 0 Å². The summed E-state index contributed by atoms with van der Waals surface area (Å²) in [6.07, 6.45) is 1.60. The molecule has 0 amide bonds. The van der Waals surface area contributed by atoms with Crippen molar-refractivity contribution in [2.75, 3.05) is 0 Å². The molecule has 1 heterocycles. The maximum atomic E-state index is 13.8. The maximum Gasteiger partial charge on any atom is 0.129 e. The fraction of sp³-hybridized carbons (Fsp3) is 0.167. The van der Waals surface area contributed by atoms with E-state index in [2.05, 4.69) is 31.9 Å². The molecule has 0 N–H and O–H groups in total. The molecule has 0 aliphatic carbocycles. The van der Waals surface area contributed by atoms with Crippen molar-refractivity contribution >= 4 is 43.5 Å². The van der Waals surface area contributed by atoms with Gasteiger partial charge >= 0.3 is 0 Å². The first-order chi connectivity index (χ1) is 7.99. The predicted molar refractivity (Wildman–Crippen MR) is 73.3 cm³/mol. The van der Waals surface area contributed by atoms with Crippen LogP contribution in [0.2, 0.25) is 5.02 Å². The summed E-state index contributed by atoms with van der Waals surface area (Å²) < 4.78 is 19.6. The van der Waals surface area contributed by atoms with E-state index < -0.39 is 0 Å². The molecule has 0 bridgehead atoms. The summed E-state index contributed by atoms with van der Waals surface area (Å²) in [5.41, 5.74) is 1.35. The van der Waals surface area contributed by atoms with E-state index in [4.69, 9.17) is 16.0 Å². The van der Waals surface area contributed by atoms with Crippen molar-refractivity contribution in [2.24, 2.45) is 0 Å². The molecule has 1 aromatic carbocycles. The lowest BCUT2D eigenvalue weighted by molar-refractivity contribution is 0.532. The van der Waals surface area contributed by atoms with Crippen LogP contribution in [0.4, 0.5) is 4.39 Å². The highest BCUT2D eigenvalue weighted by Crippen LogP contribution is 2.37. The van der Waals surface area contributed by atoms with E-state index in [-0.39, 0.29) is 10.6 Å². The molecule has 90 valence electrons. The smallest absolute Gasteiger partial charge is 0.129 e. The van der Waals surface area contributed by atoms with Gasteiger partial charge in [-0.2, -0.15) is 0 Å². The average Bonchev–Trinajstić information content (AvgIpc) is 2.69. The first-order valence-corrected chi connectivity index (χ1v) is 6.91. The standard InChI is InChI=1S/C12H8Br2ClFO/c1-6-2-7(5-17-6)12(14)8-3-10(15)9(13)4-11(8)16/h2-5,12H,1H3.